The van der Waals surface area contributed by atoms with Crippen LogP contribution in [0, 0.1) is 12.8 Å². The molecule has 6 aromatic rings. The van der Waals surface area contributed by atoms with Crippen LogP contribution in [0.1, 0.15) is 0 Å². The Hall–Kier alpha value is -3.57. The fourth-order valence-electron chi connectivity index (χ4n) is 4.36. The van der Waals surface area contributed by atoms with Gasteiger partial charge in [-0.15, -0.1) is 12.8 Å². The molecule has 0 atom stereocenters. The van der Waals surface area contributed by atoms with Gasteiger partial charge in [-0.3, -0.25) is 0 Å². The van der Waals surface area contributed by atoms with E-state index in [-0.39, 0.29) is 21.1 Å². The second-order valence-corrected chi connectivity index (χ2v) is 13.1. The molecule has 0 saturated carbocycles. The van der Waals surface area contributed by atoms with E-state index >= 15 is 0 Å². The van der Waals surface area contributed by atoms with Gasteiger partial charge in [-0.25, -0.2) is 0 Å². The second kappa shape index (κ2) is 18.0. The van der Waals surface area contributed by atoms with Gasteiger partial charge in [-0.2, -0.15) is 0 Å². The molecule has 6 rings (SSSR count). The molecule has 0 aliphatic heterocycles. The third kappa shape index (κ3) is 9.22. The van der Waals surface area contributed by atoms with Crippen molar-refractivity contribution >= 4 is 47.7 Å². The van der Waals surface area contributed by atoms with E-state index in [1.807, 2.05) is 0 Å². The average molecular weight is 746 g/mol. The van der Waals surface area contributed by atoms with Gasteiger partial charge in [-0.05, 0) is 47.7 Å². The Labute approximate surface area is 262 Å². The van der Waals surface area contributed by atoms with Crippen LogP contribution in [-0.4, -0.2) is 0 Å². The van der Waals surface area contributed by atoms with Gasteiger partial charge < -0.3 is 0 Å². The van der Waals surface area contributed by atoms with Crippen LogP contribution >= 0.6 is 15.8 Å². The number of hydrogen-bond acceptors (Lipinski definition) is 0. The van der Waals surface area contributed by atoms with Crippen molar-refractivity contribution in [2.24, 2.45) is 0 Å². The first-order chi connectivity index (χ1) is 19.9. The number of terminal acetylenes is 1. The fourth-order valence-corrected chi connectivity index (χ4v) is 8.97. The monoisotopic (exact) mass is 745 g/mol. The standard InChI is InChI=1S/2C18H15P.C2H2.Pt/c2*1-4-10-16(11-5-1)19(17-12-6-2-7-13-17)18-14-8-3-9-15-18;1-2;/h2*1-15H;1-2H;. The Balaban J connectivity index is 0.000000208. The smallest absolute Gasteiger partial charge is 0 e. The first-order valence-corrected chi connectivity index (χ1v) is 15.8. The van der Waals surface area contributed by atoms with Gasteiger partial charge >= 0.3 is 0 Å². The zero-order chi connectivity index (χ0) is 27.8. The van der Waals surface area contributed by atoms with Crippen molar-refractivity contribution in [3.05, 3.63) is 182 Å². The molecule has 0 amide bonds. The Morgan fingerprint density at radius 2 is 0.366 bits per heavy atom. The quantitative estimate of drug-likeness (QED) is 0.126. The molecule has 0 bridgehead atoms. The van der Waals surface area contributed by atoms with Crippen molar-refractivity contribution in [2.75, 3.05) is 0 Å². The summed E-state index contributed by atoms with van der Waals surface area (Å²) >= 11 is 0. The molecule has 0 aromatic heterocycles. The van der Waals surface area contributed by atoms with Crippen LogP contribution in [0.4, 0.5) is 0 Å². The summed E-state index contributed by atoms with van der Waals surface area (Å²) in [5.41, 5.74) is 0. The van der Waals surface area contributed by atoms with E-state index in [0.717, 1.165) is 0 Å². The van der Waals surface area contributed by atoms with Crippen molar-refractivity contribution in [3.63, 3.8) is 0 Å². The van der Waals surface area contributed by atoms with Gasteiger partial charge in [0.15, 0.2) is 0 Å². The zero-order valence-electron chi connectivity index (χ0n) is 22.7. The predicted molar refractivity (Wildman–Crippen MR) is 180 cm³/mol. The van der Waals surface area contributed by atoms with Gasteiger partial charge in [0.25, 0.3) is 0 Å². The molecule has 0 unspecified atom stereocenters. The molecule has 0 fully saturated rings. The minimum absolute atomic E-state index is 0. The van der Waals surface area contributed by atoms with Crippen LogP contribution in [0.5, 0.6) is 0 Å². The van der Waals surface area contributed by atoms with Crippen LogP contribution in [0.15, 0.2) is 182 Å². The molecule has 0 heterocycles. The predicted octanol–water partition coefficient (Wildman–Crippen LogP) is 7.14. The molecule has 204 valence electrons. The summed E-state index contributed by atoms with van der Waals surface area (Å²) in [5.74, 6) is 0. The van der Waals surface area contributed by atoms with Gasteiger partial charge in [0, 0.05) is 21.1 Å². The van der Waals surface area contributed by atoms with Crippen molar-refractivity contribution in [3.8, 4) is 12.8 Å². The Bertz CT molecular complexity index is 1220. The molecule has 0 aliphatic carbocycles. The molecule has 3 heteroatoms. The molecule has 0 nitrogen and oxygen atoms in total. The van der Waals surface area contributed by atoms with E-state index in [1.165, 1.54) is 31.8 Å². The van der Waals surface area contributed by atoms with Crippen LogP contribution < -0.4 is 31.8 Å². The number of hydrogen-bond donors (Lipinski definition) is 0. The molecule has 0 N–H and O–H groups in total. The summed E-state index contributed by atoms with van der Waals surface area (Å²) in [4.78, 5) is 0. The van der Waals surface area contributed by atoms with Crippen molar-refractivity contribution in [2.45, 2.75) is 0 Å². The van der Waals surface area contributed by atoms with Gasteiger partial charge in [0.05, 0.1) is 0 Å². The second-order valence-electron chi connectivity index (χ2n) is 8.68. The maximum Gasteiger partial charge on any atom is 0 e. The Morgan fingerprint density at radius 3 is 0.488 bits per heavy atom. The minimum atomic E-state index is -0.446. The summed E-state index contributed by atoms with van der Waals surface area (Å²) < 4.78 is 0. The van der Waals surface area contributed by atoms with Crippen molar-refractivity contribution in [1.82, 2.24) is 0 Å². The summed E-state index contributed by atoms with van der Waals surface area (Å²) in [6.45, 7) is 0. The molecular weight excluding hydrogens is 713 g/mol. The van der Waals surface area contributed by atoms with Gasteiger partial charge in [-0.1, -0.05) is 182 Å². The molecule has 0 radical (unpaired) electrons. The minimum Gasteiger partial charge on any atom is -0.124 e. The van der Waals surface area contributed by atoms with Crippen molar-refractivity contribution in [1.29, 1.82) is 0 Å². The van der Waals surface area contributed by atoms with Gasteiger partial charge in [0.1, 0.15) is 0 Å². The molecule has 0 spiro atoms. The molecule has 41 heavy (non-hydrogen) atoms. The molecular formula is C38H32P2Pt. The summed E-state index contributed by atoms with van der Waals surface area (Å²) in [6.07, 6.45) is 8.00. The maximum atomic E-state index is 4.00. The molecule has 0 aliphatic rings. The van der Waals surface area contributed by atoms with E-state index in [9.17, 15) is 0 Å². The molecule has 6 aromatic carbocycles. The van der Waals surface area contributed by atoms with E-state index in [4.69, 9.17) is 0 Å². The van der Waals surface area contributed by atoms with Gasteiger partial charge in [0.2, 0.25) is 0 Å². The number of benzene rings is 6. The largest absolute Gasteiger partial charge is 0.124 e. The zero-order valence-corrected chi connectivity index (χ0v) is 26.7. The normalized spacial score (nSPS) is 9.85. The topological polar surface area (TPSA) is 0 Å². The Morgan fingerprint density at radius 1 is 0.244 bits per heavy atom. The van der Waals surface area contributed by atoms with Crippen molar-refractivity contribution < 1.29 is 21.1 Å². The fraction of sp³-hybridized carbons (Fsp3) is 0. The third-order valence-corrected chi connectivity index (χ3v) is 11.0. The average Bonchev–Trinajstić information content (AvgIpc) is 3.06. The SMILES string of the molecule is C#C.[Pt].c1ccc(P(c2ccccc2)c2ccccc2)cc1.c1ccc(P(c2ccccc2)c2ccccc2)cc1. The van der Waals surface area contributed by atoms with E-state index in [0.29, 0.717) is 0 Å². The molecule has 0 saturated heterocycles. The van der Waals surface area contributed by atoms with E-state index in [1.54, 1.807) is 0 Å². The first kappa shape index (κ1) is 31.9. The first-order valence-electron chi connectivity index (χ1n) is 13.1. The Kier molecular flexibility index (Phi) is 14.0. The maximum absolute atomic E-state index is 4.00. The summed E-state index contributed by atoms with van der Waals surface area (Å²) in [6, 6.07) is 64.7. The van der Waals surface area contributed by atoms with E-state index < -0.39 is 15.8 Å². The third-order valence-electron chi connectivity index (χ3n) is 6.09. The number of rotatable bonds is 6. The van der Waals surface area contributed by atoms with Crippen LogP contribution in [-0.2, 0) is 21.1 Å². The van der Waals surface area contributed by atoms with E-state index in [2.05, 4.69) is 195 Å². The van der Waals surface area contributed by atoms with Crippen LogP contribution in [0.3, 0.4) is 0 Å². The van der Waals surface area contributed by atoms with Crippen LogP contribution in [0.2, 0.25) is 0 Å². The summed E-state index contributed by atoms with van der Waals surface area (Å²) in [5, 5.41) is 8.39. The van der Waals surface area contributed by atoms with Crippen LogP contribution in [0.25, 0.3) is 0 Å². The summed E-state index contributed by atoms with van der Waals surface area (Å²) in [7, 11) is -0.892.